The Morgan fingerprint density at radius 3 is 2.24 bits per heavy atom. The number of fused-ring (bicyclic) bond motifs is 1. The van der Waals surface area contributed by atoms with Crippen LogP contribution in [-0.4, -0.2) is 54.0 Å². The molecule has 3 aromatic carbocycles. The van der Waals surface area contributed by atoms with E-state index in [0.717, 1.165) is 75.1 Å². The summed E-state index contributed by atoms with van der Waals surface area (Å²) in [6.07, 6.45) is 3.57. The molecule has 0 bridgehead atoms. The summed E-state index contributed by atoms with van der Waals surface area (Å²) in [5.74, 6) is -0.752. The first-order valence-corrected chi connectivity index (χ1v) is 14.4. The zero-order valence-electron chi connectivity index (χ0n) is 23.0. The molecule has 4 aromatic rings. The smallest absolute Gasteiger partial charge is 0.287 e. The maximum atomic E-state index is 13.5. The fourth-order valence-electron chi connectivity index (χ4n) is 5.81. The topological polar surface area (TPSA) is 58.0 Å². The van der Waals surface area contributed by atoms with Crippen molar-refractivity contribution in [2.75, 3.05) is 26.2 Å². The molecule has 1 N–H and O–H groups in total. The van der Waals surface area contributed by atoms with Crippen LogP contribution < -0.4 is 10.1 Å². The molecule has 6 nitrogen and oxygen atoms in total. The number of benzene rings is 3. The highest BCUT2D eigenvalue weighted by atomic mass is 19.2. The molecule has 1 amide bonds. The Morgan fingerprint density at radius 2 is 1.51 bits per heavy atom. The summed E-state index contributed by atoms with van der Waals surface area (Å²) in [4.78, 5) is 17.6. The number of furan rings is 1. The number of piperidine rings is 2. The van der Waals surface area contributed by atoms with Crippen molar-refractivity contribution in [2.24, 2.45) is 0 Å². The summed E-state index contributed by atoms with van der Waals surface area (Å²) < 4.78 is 38.9. The van der Waals surface area contributed by atoms with Crippen LogP contribution in [0.25, 0.3) is 11.0 Å². The molecular weight excluding hydrogens is 524 g/mol. The van der Waals surface area contributed by atoms with Gasteiger partial charge in [0.25, 0.3) is 5.91 Å². The Morgan fingerprint density at radius 1 is 0.805 bits per heavy atom. The Hall–Kier alpha value is -3.75. The molecule has 3 heterocycles. The lowest BCUT2D eigenvalue weighted by Gasteiger charge is -2.32. The minimum absolute atomic E-state index is 0.0658. The molecule has 2 aliphatic rings. The van der Waals surface area contributed by atoms with Crippen molar-refractivity contribution in [3.8, 4) is 5.75 Å². The summed E-state index contributed by atoms with van der Waals surface area (Å²) in [5, 5.41) is 3.99. The van der Waals surface area contributed by atoms with E-state index in [1.807, 2.05) is 24.3 Å². The minimum Gasteiger partial charge on any atom is -0.490 e. The SMILES string of the molecule is O=C(NC1CCN(Cc2ccccc2)CC1)c1cc2cc(OC3CCN(Cc4ccc(F)c(F)c4)CC3)ccc2o1. The van der Waals surface area contributed by atoms with E-state index in [0.29, 0.717) is 17.9 Å². The van der Waals surface area contributed by atoms with Gasteiger partial charge < -0.3 is 14.5 Å². The summed E-state index contributed by atoms with van der Waals surface area (Å²) in [6.45, 7) is 5.05. The standard InChI is InChI=1S/C33H35F2N3O3/c34-29-8-6-24(18-30(29)35)22-38-16-12-27(13-17-38)40-28-7-9-31-25(19-28)20-32(41-31)33(39)36-26-10-14-37(15-11-26)21-23-4-2-1-3-5-23/h1-9,18-20,26-27H,10-17,21-22H2,(H,36,39). The molecule has 0 atom stereocenters. The average Bonchev–Trinajstić information content (AvgIpc) is 3.42. The zero-order chi connectivity index (χ0) is 28.2. The van der Waals surface area contributed by atoms with Gasteiger partial charge in [-0.05, 0) is 73.2 Å². The van der Waals surface area contributed by atoms with Crippen LogP contribution in [-0.2, 0) is 13.1 Å². The second-order valence-electron chi connectivity index (χ2n) is 11.2. The molecule has 0 spiro atoms. The predicted octanol–water partition coefficient (Wildman–Crippen LogP) is 6.15. The third-order valence-corrected chi connectivity index (χ3v) is 8.11. The Labute approximate surface area is 238 Å². The lowest BCUT2D eigenvalue weighted by atomic mass is 10.0. The summed E-state index contributed by atoms with van der Waals surface area (Å²) in [6, 6.07) is 22.1. The number of halogens is 2. The van der Waals surface area contributed by atoms with Gasteiger partial charge in [-0.3, -0.25) is 14.6 Å². The highest BCUT2D eigenvalue weighted by Crippen LogP contribution is 2.27. The van der Waals surface area contributed by atoms with Crippen LogP contribution >= 0.6 is 0 Å². The average molecular weight is 560 g/mol. The van der Waals surface area contributed by atoms with Gasteiger partial charge in [0.2, 0.25) is 0 Å². The van der Waals surface area contributed by atoms with Crippen LogP contribution in [0.2, 0.25) is 0 Å². The molecule has 214 valence electrons. The van der Waals surface area contributed by atoms with E-state index < -0.39 is 11.6 Å². The first-order valence-electron chi connectivity index (χ1n) is 14.4. The van der Waals surface area contributed by atoms with Gasteiger partial charge in [0.15, 0.2) is 17.4 Å². The van der Waals surface area contributed by atoms with Gasteiger partial charge >= 0.3 is 0 Å². The van der Waals surface area contributed by atoms with Crippen molar-refractivity contribution in [1.29, 1.82) is 0 Å². The number of ether oxygens (including phenoxy) is 1. The maximum absolute atomic E-state index is 13.5. The van der Waals surface area contributed by atoms with E-state index in [1.165, 1.54) is 17.7 Å². The van der Waals surface area contributed by atoms with E-state index in [2.05, 4.69) is 39.4 Å². The number of hydrogen-bond acceptors (Lipinski definition) is 5. The molecule has 0 aliphatic carbocycles. The fourth-order valence-corrected chi connectivity index (χ4v) is 5.81. The van der Waals surface area contributed by atoms with Crippen molar-refractivity contribution < 1.29 is 22.7 Å². The first kappa shape index (κ1) is 27.4. The normalized spacial score (nSPS) is 17.6. The van der Waals surface area contributed by atoms with E-state index in [-0.39, 0.29) is 18.1 Å². The summed E-state index contributed by atoms with van der Waals surface area (Å²) in [7, 11) is 0. The molecule has 0 saturated carbocycles. The van der Waals surface area contributed by atoms with Crippen LogP contribution in [0.15, 0.2) is 77.2 Å². The van der Waals surface area contributed by atoms with Gasteiger partial charge in [-0.25, -0.2) is 8.78 Å². The van der Waals surface area contributed by atoms with Crippen LogP contribution in [0, 0.1) is 11.6 Å². The Balaban J connectivity index is 0.978. The van der Waals surface area contributed by atoms with E-state index in [9.17, 15) is 13.6 Å². The Bertz CT molecular complexity index is 1480. The third kappa shape index (κ3) is 6.94. The second-order valence-corrected chi connectivity index (χ2v) is 11.2. The van der Waals surface area contributed by atoms with Crippen molar-refractivity contribution in [2.45, 2.75) is 50.9 Å². The molecule has 6 rings (SSSR count). The van der Waals surface area contributed by atoms with Crippen LogP contribution in [0.3, 0.4) is 0 Å². The zero-order valence-corrected chi connectivity index (χ0v) is 23.0. The summed E-state index contributed by atoms with van der Waals surface area (Å²) >= 11 is 0. The largest absolute Gasteiger partial charge is 0.490 e. The maximum Gasteiger partial charge on any atom is 0.287 e. The quantitative estimate of drug-likeness (QED) is 0.281. The van der Waals surface area contributed by atoms with Gasteiger partial charge in [-0.1, -0.05) is 36.4 Å². The van der Waals surface area contributed by atoms with Crippen molar-refractivity contribution >= 4 is 16.9 Å². The van der Waals surface area contributed by atoms with E-state index in [4.69, 9.17) is 9.15 Å². The van der Waals surface area contributed by atoms with E-state index in [1.54, 1.807) is 12.1 Å². The lowest BCUT2D eigenvalue weighted by molar-refractivity contribution is 0.0883. The van der Waals surface area contributed by atoms with Crippen molar-refractivity contribution in [3.63, 3.8) is 0 Å². The predicted molar refractivity (Wildman–Crippen MR) is 154 cm³/mol. The lowest BCUT2D eigenvalue weighted by Crippen LogP contribution is -2.44. The number of nitrogens with one attached hydrogen (secondary N) is 1. The molecule has 0 radical (unpaired) electrons. The van der Waals surface area contributed by atoms with Gasteiger partial charge in [-0.15, -0.1) is 0 Å². The second kappa shape index (κ2) is 12.4. The van der Waals surface area contributed by atoms with Crippen molar-refractivity contribution in [3.05, 3.63) is 101 Å². The first-order chi connectivity index (χ1) is 20.0. The van der Waals surface area contributed by atoms with Gasteiger partial charge in [0.1, 0.15) is 17.4 Å². The van der Waals surface area contributed by atoms with Crippen LogP contribution in [0.5, 0.6) is 5.75 Å². The number of amides is 1. The highest BCUT2D eigenvalue weighted by Gasteiger charge is 2.24. The fraction of sp³-hybridized carbons (Fsp3) is 0.364. The van der Waals surface area contributed by atoms with Crippen LogP contribution in [0.1, 0.15) is 47.4 Å². The number of rotatable bonds is 8. The molecule has 1 aromatic heterocycles. The molecule has 8 heteroatoms. The molecule has 2 aliphatic heterocycles. The van der Waals surface area contributed by atoms with Gasteiger partial charge in [-0.2, -0.15) is 0 Å². The number of nitrogens with zero attached hydrogens (tertiary/aromatic N) is 2. The van der Waals surface area contributed by atoms with E-state index >= 15 is 0 Å². The third-order valence-electron chi connectivity index (χ3n) is 8.11. The highest BCUT2D eigenvalue weighted by molar-refractivity contribution is 5.96. The Kier molecular flexibility index (Phi) is 8.30. The van der Waals surface area contributed by atoms with Gasteiger partial charge in [0.05, 0.1) is 0 Å². The molecule has 2 fully saturated rings. The monoisotopic (exact) mass is 559 g/mol. The number of likely N-dealkylation sites (tertiary alicyclic amines) is 2. The molecule has 0 unspecified atom stereocenters. The number of hydrogen-bond donors (Lipinski definition) is 1. The summed E-state index contributed by atoms with van der Waals surface area (Å²) in [5.41, 5.74) is 2.73. The number of carbonyl (C=O) groups excluding carboxylic acids is 1. The number of carbonyl (C=O) groups is 1. The van der Waals surface area contributed by atoms with Crippen LogP contribution in [0.4, 0.5) is 8.78 Å². The van der Waals surface area contributed by atoms with Gasteiger partial charge in [0, 0.05) is 50.7 Å². The molecular formula is C33H35F2N3O3. The van der Waals surface area contributed by atoms with Crippen molar-refractivity contribution in [1.82, 2.24) is 15.1 Å². The molecule has 41 heavy (non-hydrogen) atoms. The minimum atomic E-state index is -0.821. The molecule has 2 saturated heterocycles.